The quantitative estimate of drug-likeness (QED) is 0.810. The molecule has 1 heterocycles. The topological polar surface area (TPSA) is 33.3 Å². The van der Waals surface area contributed by atoms with Crippen LogP contribution in [-0.4, -0.2) is 26.2 Å². The van der Waals surface area contributed by atoms with Crippen molar-refractivity contribution < 1.29 is 4.74 Å². The van der Waals surface area contributed by atoms with Crippen LogP contribution >= 0.6 is 0 Å². The van der Waals surface area contributed by atoms with Crippen molar-refractivity contribution in [2.45, 2.75) is 25.4 Å². The van der Waals surface area contributed by atoms with Crippen molar-refractivity contribution in [2.75, 3.05) is 20.2 Å². The van der Waals surface area contributed by atoms with E-state index >= 15 is 0 Å². The molecule has 0 aliphatic carbocycles. The van der Waals surface area contributed by atoms with Crippen LogP contribution in [0.4, 0.5) is 0 Å². The molecule has 2 N–H and O–H groups in total. The van der Waals surface area contributed by atoms with E-state index in [1.54, 1.807) is 7.11 Å². The highest BCUT2D eigenvalue weighted by molar-refractivity contribution is 5.30. The van der Waals surface area contributed by atoms with E-state index in [4.69, 9.17) is 4.74 Å². The number of methoxy groups -OCH3 is 1. The van der Waals surface area contributed by atoms with Crippen molar-refractivity contribution >= 4 is 0 Å². The van der Waals surface area contributed by atoms with Crippen LogP contribution in [0.2, 0.25) is 0 Å². The van der Waals surface area contributed by atoms with E-state index in [1.807, 2.05) is 12.1 Å². The molecule has 0 bridgehead atoms. The predicted molar refractivity (Wildman–Crippen MR) is 65.8 cm³/mol. The predicted octanol–water partition coefficient (Wildman–Crippen LogP) is 1.71. The lowest BCUT2D eigenvalue weighted by Gasteiger charge is -2.19. The van der Waals surface area contributed by atoms with Gasteiger partial charge in [0.2, 0.25) is 0 Å². The van der Waals surface area contributed by atoms with E-state index in [1.165, 1.54) is 12.0 Å². The van der Waals surface area contributed by atoms with Crippen molar-refractivity contribution in [3.63, 3.8) is 0 Å². The van der Waals surface area contributed by atoms with Crippen LogP contribution in [0.25, 0.3) is 0 Å². The number of hydrogen-bond donors (Lipinski definition) is 2. The molecule has 0 radical (unpaired) electrons. The number of ether oxygens (including phenoxy) is 1. The van der Waals surface area contributed by atoms with Crippen molar-refractivity contribution in [2.24, 2.45) is 0 Å². The van der Waals surface area contributed by atoms with Gasteiger partial charge < -0.3 is 15.4 Å². The first-order valence-corrected chi connectivity index (χ1v) is 5.90. The van der Waals surface area contributed by atoms with Gasteiger partial charge in [-0.2, -0.15) is 0 Å². The Hall–Kier alpha value is -1.06. The summed E-state index contributed by atoms with van der Waals surface area (Å²) in [5.41, 5.74) is 1.28. The van der Waals surface area contributed by atoms with Gasteiger partial charge in [0.05, 0.1) is 7.11 Å². The summed E-state index contributed by atoms with van der Waals surface area (Å²) in [5.74, 6) is 0.927. The Balaban J connectivity index is 1.98. The fourth-order valence-electron chi connectivity index (χ4n) is 2.16. The van der Waals surface area contributed by atoms with E-state index in [-0.39, 0.29) is 0 Å². The van der Waals surface area contributed by atoms with Crippen LogP contribution in [0.15, 0.2) is 24.3 Å². The average molecular weight is 220 g/mol. The molecule has 88 valence electrons. The third-order valence-electron chi connectivity index (χ3n) is 3.14. The molecular weight excluding hydrogens is 200 g/mol. The van der Waals surface area contributed by atoms with Crippen molar-refractivity contribution in [1.82, 2.24) is 10.6 Å². The Morgan fingerprint density at radius 2 is 2.38 bits per heavy atom. The van der Waals surface area contributed by atoms with Crippen molar-refractivity contribution in [3.05, 3.63) is 29.8 Å². The Kier molecular flexibility index (Phi) is 3.80. The maximum atomic E-state index is 5.23. The molecular formula is C13H20N2O. The molecule has 0 aromatic heterocycles. The van der Waals surface area contributed by atoms with Gasteiger partial charge in [0, 0.05) is 18.6 Å². The van der Waals surface area contributed by atoms with Gasteiger partial charge in [-0.1, -0.05) is 12.1 Å². The minimum atomic E-state index is 0.375. The highest BCUT2D eigenvalue weighted by Gasteiger charge is 2.17. The Bertz CT molecular complexity index is 334. The van der Waals surface area contributed by atoms with Gasteiger partial charge in [-0.05, 0) is 37.6 Å². The summed E-state index contributed by atoms with van der Waals surface area (Å²) in [6.45, 7) is 4.41. The van der Waals surface area contributed by atoms with E-state index < -0.39 is 0 Å². The minimum Gasteiger partial charge on any atom is -0.497 e. The van der Waals surface area contributed by atoms with Crippen molar-refractivity contribution in [1.29, 1.82) is 0 Å². The highest BCUT2D eigenvalue weighted by Crippen LogP contribution is 2.19. The molecule has 1 aromatic carbocycles. The Labute approximate surface area is 97.2 Å². The molecule has 0 saturated carbocycles. The summed E-state index contributed by atoms with van der Waals surface area (Å²) in [5, 5.41) is 6.99. The number of rotatable bonds is 4. The monoisotopic (exact) mass is 220 g/mol. The summed E-state index contributed by atoms with van der Waals surface area (Å²) in [6, 6.07) is 9.23. The van der Waals surface area contributed by atoms with Gasteiger partial charge in [0.1, 0.15) is 5.75 Å². The highest BCUT2D eigenvalue weighted by atomic mass is 16.5. The molecule has 1 aliphatic rings. The molecule has 0 amide bonds. The van der Waals surface area contributed by atoms with Crippen LogP contribution in [-0.2, 0) is 0 Å². The fourth-order valence-corrected chi connectivity index (χ4v) is 2.16. The van der Waals surface area contributed by atoms with E-state index in [2.05, 4.69) is 29.7 Å². The van der Waals surface area contributed by atoms with Crippen LogP contribution in [0.5, 0.6) is 5.75 Å². The second-order valence-electron chi connectivity index (χ2n) is 4.35. The van der Waals surface area contributed by atoms with Gasteiger partial charge in [-0.25, -0.2) is 0 Å². The largest absolute Gasteiger partial charge is 0.497 e. The zero-order chi connectivity index (χ0) is 11.4. The molecule has 16 heavy (non-hydrogen) atoms. The van der Waals surface area contributed by atoms with Crippen molar-refractivity contribution in [3.8, 4) is 5.75 Å². The number of hydrogen-bond acceptors (Lipinski definition) is 3. The maximum absolute atomic E-state index is 5.23. The number of nitrogens with one attached hydrogen (secondary N) is 2. The zero-order valence-corrected chi connectivity index (χ0v) is 9.99. The summed E-state index contributed by atoms with van der Waals surface area (Å²) >= 11 is 0. The lowest BCUT2D eigenvalue weighted by molar-refractivity contribution is 0.412. The molecule has 2 rings (SSSR count). The van der Waals surface area contributed by atoms with Gasteiger partial charge in [-0.3, -0.25) is 0 Å². The van der Waals surface area contributed by atoms with Crippen LogP contribution in [0.3, 0.4) is 0 Å². The first-order chi connectivity index (χ1) is 7.79. The molecule has 3 nitrogen and oxygen atoms in total. The first-order valence-electron chi connectivity index (χ1n) is 5.90. The molecule has 1 fully saturated rings. The number of benzene rings is 1. The first kappa shape index (κ1) is 11.4. The summed E-state index contributed by atoms with van der Waals surface area (Å²) in [7, 11) is 1.71. The molecule has 0 spiro atoms. The van der Waals surface area contributed by atoms with Gasteiger partial charge in [0.25, 0.3) is 0 Å². The summed E-state index contributed by atoms with van der Waals surface area (Å²) < 4.78 is 5.23. The summed E-state index contributed by atoms with van der Waals surface area (Å²) in [6.07, 6.45) is 1.22. The van der Waals surface area contributed by atoms with Crippen LogP contribution in [0, 0.1) is 0 Å². The normalized spacial score (nSPS) is 22.0. The van der Waals surface area contributed by atoms with Gasteiger partial charge >= 0.3 is 0 Å². The Morgan fingerprint density at radius 3 is 3.06 bits per heavy atom. The second kappa shape index (κ2) is 5.32. The van der Waals surface area contributed by atoms with Crippen LogP contribution in [0.1, 0.15) is 24.9 Å². The SMILES string of the molecule is COc1cccc(C(C)NC2CCNC2)c1. The molecule has 3 heteroatoms. The molecule has 1 aromatic rings. The van der Waals surface area contributed by atoms with E-state index in [0.29, 0.717) is 12.1 Å². The minimum absolute atomic E-state index is 0.375. The van der Waals surface area contributed by atoms with Crippen LogP contribution < -0.4 is 15.4 Å². The molecule has 2 unspecified atom stereocenters. The molecule has 1 saturated heterocycles. The summed E-state index contributed by atoms with van der Waals surface area (Å²) in [4.78, 5) is 0. The lowest BCUT2D eigenvalue weighted by Crippen LogP contribution is -2.33. The Morgan fingerprint density at radius 1 is 1.50 bits per heavy atom. The second-order valence-corrected chi connectivity index (χ2v) is 4.35. The van der Waals surface area contributed by atoms with Gasteiger partial charge in [0.15, 0.2) is 0 Å². The molecule has 1 aliphatic heterocycles. The maximum Gasteiger partial charge on any atom is 0.119 e. The zero-order valence-electron chi connectivity index (χ0n) is 9.99. The van der Waals surface area contributed by atoms with E-state index in [0.717, 1.165) is 18.8 Å². The average Bonchev–Trinajstić information content (AvgIpc) is 2.82. The molecule has 2 atom stereocenters. The third kappa shape index (κ3) is 2.74. The van der Waals surface area contributed by atoms with Gasteiger partial charge in [-0.15, -0.1) is 0 Å². The third-order valence-corrected chi connectivity index (χ3v) is 3.14. The fraction of sp³-hybridized carbons (Fsp3) is 0.538. The lowest BCUT2D eigenvalue weighted by atomic mass is 10.1. The van der Waals surface area contributed by atoms with E-state index in [9.17, 15) is 0 Å². The smallest absolute Gasteiger partial charge is 0.119 e. The standard InChI is InChI=1S/C13H20N2O/c1-10(15-12-6-7-14-9-12)11-4-3-5-13(8-11)16-2/h3-5,8,10,12,14-15H,6-7,9H2,1-2H3.